The number of nitrogens with zero attached hydrogens (tertiary/aromatic N) is 2. The summed E-state index contributed by atoms with van der Waals surface area (Å²) in [6.45, 7) is 6.46. The van der Waals surface area contributed by atoms with E-state index in [1.54, 1.807) is 39.5 Å². The Morgan fingerprint density at radius 2 is 1.60 bits per heavy atom. The minimum Gasteiger partial charge on any atom is -0.325 e. The number of anilines is 1. The molecule has 0 atom stereocenters. The second kappa shape index (κ2) is 7.43. The first kappa shape index (κ1) is 20.4. The Labute approximate surface area is 175 Å². The number of amides is 1. The molecule has 1 saturated carbocycles. The zero-order chi connectivity index (χ0) is 21.6. The highest BCUT2D eigenvalue weighted by atomic mass is 32.2. The van der Waals surface area contributed by atoms with Crippen molar-refractivity contribution in [3.05, 3.63) is 52.4 Å². The van der Waals surface area contributed by atoms with Gasteiger partial charge in [-0.1, -0.05) is 17.7 Å². The van der Waals surface area contributed by atoms with Gasteiger partial charge in [-0.05, 0) is 57.9 Å². The Kier molecular flexibility index (Phi) is 5.05. The molecule has 158 valence electrons. The van der Waals surface area contributed by atoms with Crippen molar-refractivity contribution in [2.24, 2.45) is 5.92 Å². The van der Waals surface area contributed by atoms with Gasteiger partial charge in [0.15, 0.2) is 0 Å². The number of aryl methyl sites for hydroxylation is 3. The molecular weight excluding hydrogens is 402 g/mol. The summed E-state index contributed by atoms with van der Waals surface area (Å²) in [5.74, 6) is -0.265. The van der Waals surface area contributed by atoms with Crippen LogP contribution in [0.4, 0.5) is 5.69 Å². The Morgan fingerprint density at radius 1 is 1.03 bits per heavy atom. The van der Waals surface area contributed by atoms with Crippen LogP contribution in [-0.2, 0) is 27.7 Å². The molecular formula is C22H25N3O4S. The van der Waals surface area contributed by atoms with Crippen LogP contribution < -0.4 is 11.0 Å². The molecule has 1 aliphatic carbocycles. The lowest BCUT2D eigenvalue weighted by Gasteiger charge is -2.14. The summed E-state index contributed by atoms with van der Waals surface area (Å²) in [5.41, 5.74) is 2.12. The van der Waals surface area contributed by atoms with Crippen molar-refractivity contribution in [2.45, 2.75) is 56.5 Å². The molecule has 1 N–H and O–H groups in total. The minimum absolute atomic E-state index is 0.00306. The molecule has 2 aromatic carbocycles. The van der Waals surface area contributed by atoms with Gasteiger partial charge in [0, 0.05) is 19.0 Å². The Hall–Kier alpha value is -2.87. The third-order valence-electron chi connectivity index (χ3n) is 5.58. The molecule has 0 aliphatic heterocycles. The Balaban J connectivity index is 1.98. The number of aromatic nitrogens is 2. The minimum atomic E-state index is -3.90. The van der Waals surface area contributed by atoms with E-state index in [2.05, 4.69) is 5.32 Å². The van der Waals surface area contributed by atoms with Gasteiger partial charge < -0.3 is 5.32 Å². The summed E-state index contributed by atoms with van der Waals surface area (Å²) in [4.78, 5) is 25.4. The quantitative estimate of drug-likeness (QED) is 0.653. The Bertz CT molecular complexity index is 1300. The lowest BCUT2D eigenvalue weighted by Crippen LogP contribution is -2.23. The van der Waals surface area contributed by atoms with Gasteiger partial charge in [0.05, 0.1) is 26.5 Å². The molecule has 1 fully saturated rings. The first-order chi connectivity index (χ1) is 14.3. The van der Waals surface area contributed by atoms with Crippen LogP contribution in [0.1, 0.15) is 32.3 Å². The largest absolute Gasteiger partial charge is 0.329 e. The van der Waals surface area contributed by atoms with Gasteiger partial charge in [-0.3, -0.25) is 13.9 Å². The van der Waals surface area contributed by atoms with Crippen molar-refractivity contribution in [3.8, 4) is 0 Å². The summed E-state index contributed by atoms with van der Waals surface area (Å²) in [7, 11) is -3.90. The van der Waals surface area contributed by atoms with E-state index in [0.717, 1.165) is 18.4 Å². The fourth-order valence-electron chi connectivity index (χ4n) is 3.70. The lowest BCUT2D eigenvalue weighted by atomic mass is 10.2. The van der Waals surface area contributed by atoms with Crippen molar-refractivity contribution in [1.29, 1.82) is 0 Å². The van der Waals surface area contributed by atoms with Gasteiger partial charge in [-0.15, -0.1) is 0 Å². The van der Waals surface area contributed by atoms with E-state index >= 15 is 0 Å². The van der Waals surface area contributed by atoms with Gasteiger partial charge in [-0.25, -0.2) is 13.2 Å². The SMILES string of the molecule is CCn1c(=O)n(CC)c2cc(S(=O)(=O)c3ccc(C)cc3)c(NC(=O)C3CC3)cc21. The number of rotatable bonds is 6. The smallest absolute Gasteiger partial charge is 0.325 e. The zero-order valence-electron chi connectivity index (χ0n) is 17.3. The number of hydrogen-bond donors (Lipinski definition) is 1. The topological polar surface area (TPSA) is 90.2 Å². The number of nitrogens with one attached hydrogen (secondary N) is 1. The van der Waals surface area contributed by atoms with Crippen LogP contribution in [0.5, 0.6) is 0 Å². The first-order valence-corrected chi connectivity index (χ1v) is 11.7. The fraction of sp³-hybridized carbons (Fsp3) is 0.364. The normalized spacial score (nSPS) is 14.2. The summed E-state index contributed by atoms with van der Waals surface area (Å²) < 4.78 is 30.1. The molecule has 8 heteroatoms. The average Bonchev–Trinajstić information content (AvgIpc) is 3.52. The van der Waals surface area contributed by atoms with Crippen LogP contribution in [0.25, 0.3) is 11.0 Å². The van der Waals surface area contributed by atoms with E-state index in [-0.39, 0.29) is 33.0 Å². The maximum atomic E-state index is 13.5. The molecule has 1 heterocycles. The monoisotopic (exact) mass is 427 g/mol. The molecule has 4 rings (SSSR count). The number of carbonyl (C=O) groups is 1. The van der Waals surface area contributed by atoms with Crippen molar-refractivity contribution in [1.82, 2.24) is 9.13 Å². The molecule has 0 spiro atoms. The number of carbonyl (C=O) groups excluding carboxylic acids is 1. The predicted molar refractivity (Wildman–Crippen MR) is 116 cm³/mol. The molecule has 1 aromatic heterocycles. The summed E-state index contributed by atoms with van der Waals surface area (Å²) in [6.07, 6.45) is 1.61. The maximum absolute atomic E-state index is 13.5. The molecule has 0 bridgehead atoms. The van der Waals surface area contributed by atoms with Crippen LogP contribution in [0.15, 0.2) is 51.0 Å². The second-order valence-electron chi connectivity index (χ2n) is 7.69. The lowest BCUT2D eigenvalue weighted by molar-refractivity contribution is -0.117. The fourth-order valence-corrected chi connectivity index (χ4v) is 5.11. The maximum Gasteiger partial charge on any atom is 0.329 e. The first-order valence-electron chi connectivity index (χ1n) is 10.2. The Morgan fingerprint density at radius 3 is 2.13 bits per heavy atom. The third kappa shape index (κ3) is 3.35. The summed E-state index contributed by atoms with van der Waals surface area (Å²) in [5, 5.41) is 2.81. The van der Waals surface area contributed by atoms with Gasteiger partial charge in [0.25, 0.3) is 0 Å². The molecule has 30 heavy (non-hydrogen) atoms. The molecule has 1 aliphatic rings. The van der Waals surface area contributed by atoms with Gasteiger partial charge in [0.2, 0.25) is 15.7 Å². The van der Waals surface area contributed by atoms with Crippen molar-refractivity contribution in [2.75, 3.05) is 5.32 Å². The van der Waals surface area contributed by atoms with E-state index in [1.807, 2.05) is 20.8 Å². The molecule has 7 nitrogen and oxygen atoms in total. The number of benzene rings is 2. The van der Waals surface area contributed by atoms with Crippen molar-refractivity contribution >= 4 is 32.5 Å². The van der Waals surface area contributed by atoms with E-state index in [9.17, 15) is 18.0 Å². The number of hydrogen-bond acceptors (Lipinski definition) is 4. The molecule has 3 aromatic rings. The average molecular weight is 428 g/mol. The standard InChI is InChI=1S/C22H25N3O4S/c1-4-24-18-12-17(23-21(26)15-8-9-15)20(13-19(18)25(5-2)22(24)27)30(28,29)16-10-6-14(3)7-11-16/h6-7,10-13,15H,4-5,8-9H2,1-3H3,(H,23,26). The number of sulfone groups is 1. The van der Waals surface area contributed by atoms with Gasteiger partial charge >= 0.3 is 5.69 Å². The summed E-state index contributed by atoms with van der Waals surface area (Å²) >= 11 is 0. The zero-order valence-corrected chi connectivity index (χ0v) is 18.1. The van der Waals surface area contributed by atoms with Crippen LogP contribution in [0, 0.1) is 12.8 Å². The highest BCUT2D eigenvalue weighted by Gasteiger charge is 2.32. The molecule has 0 unspecified atom stereocenters. The van der Waals surface area contributed by atoms with E-state index in [4.69, 9.17) is 0 Å². The predicted octanol–water partition coefficient (Wildman–Crippen LogP) is 3.33. The summed E-state index contributed by atoms with van der Waals surface area (Å²) in [6, 6.07) is 9.74. The van der Waals surface area contributed by atoms with Crippen molar-refractivity contribution < 1.29 is 13.2 Å². The number of imidazole rings is 1. The molecule has 0 saturated heterocycles. The second-order valence-corrected chi connectivity index (χ2v) is 9.61. The highest BCUT2D eigenvalue weighted by Crippen LogP contribution is 2.35. The highest BCUT2D eigenvalue weighted by molar-refractivity contribution is 7.91. The van der Waals surface area contributed by atoms with Crippen molar-refractivity contribution in [3.63, 3.8) is 0 Å². The third-order valence-corrected chi connectivity index (χ3v) is 7.39. The van der Waals surface area contributed by atoms with E-state index in [1.165, 1.54) is 6.07 Å². The molecule has 1 amide bonds. The van der Waals surface area contributed by atoms with Crippen LogP contribution in [0.3, 0.4) is 0 Å². The van der Waals surface area contributed by atoms with Crippen LogP contribution in [0.2, 0.25) is 0 Å². The molecule has 0 radical (unpaired) electrons. The van der Waals surface area contributed by atoms with Crippen LogP contribution in [-0.4, -0.2) is 23.5 Å². The van der Waals surface area contributed by atoms with Gasteiger partial charge in [0.1, 0.15) is 0 Å². The van der Waals surface area contributed by atoms with E-state index < -0.39 is 9.84 Å². The van der Waals surface area contributed by atoms with Gasteiger partial charge in [-0.2, -0.15) is 0 Å². The van der Waals surface area contributed by atoms with Crippen LogP contribution >= 0.6 is 0 Å². The number of fused-ring (bicyclic) bond motifs is 1. The van der Waals surface area contributed by atoms with E-state index in [0.29, 0.717) is 24.1 Å².